The molecule has 4 heteroatoms. The van der Waals surface area contributed by atoms with Gasteiger partial charge in [0, 0.05) is 13.0 Å². The molecule has 0 saturated carbocycles. The molecule has 1 saturated heterocycles. The molecule has 4 nitrogen and oxygen atoms in total. The number of carbonyl (C=O) groups is 1. The van der Waals surface area contributed by atoms with Gasteiger partial charge >= 0.3 is 0 Å². The van der Waals surface area contributed by atoms with Crippen LogP contribution >= 0.6 is 0 Å². The van der Waals surface area contributed by atoms with E-state index >= 15 is 0 Å². The van der Waals surface area contributed by atoms with Crippen molar-refractivity contribution in [3.8, 4) is 5.75 Å². The van der Waals surface area contributed by atoms with E-state index in [1.54, 1.807) is 0 Å². The predicted octanol–water partition coefficient (Wildman–Crippen LogP) is 2.27. The third-order valence-corrected chi connectivity index (χ3v) is 3.89. The Morgan fingerprint density at radius 3 is 3.05 bits per heavy atom. The Bertz CT molecular complexity index is 442. The molecule has 0 bridgehead atoms. The van der Waals surface area contributed by atoms with Crippen LogP contribution in [0.2, 0.25) is 0 Å². The number of ether oxygens (including phenoxy) is 1. The van der Waals surface area contributed by atoms with E-state index in [0.717, 1.165) is 37.4 Å². The Labute approximate surface area is 127 Å². The van der Waals surface area contributed by atoms with Gasteiger partial charge in [0.05, 0.1) is 6.61 Å². The molecule has 0 aromatic heterocycles. The molecule has 2 N–H and O–H groups in total. The van der Waals surface area contributed by atoms with Crippen molar-refractivity contribution in [3.63, 3.8) is 0 Å². The Morgan fingerprint density at radius 1 is 1.43 bits per heavy atom. The SMILES string of the molecule is Cc1ccccc1OCCCC(=O)NCC1CCCNC1. The van der Waals surface area contributed by atoms with Crippen LogP contribution in [0.25, 0.3) is 0 Å². The number of benzene rings is 1. The van der Waals surface area contributed by atoms with Gasteiger partial charge in [0.1, 0.15) is 5.75 Å². The van der Waals surface area contributed by atoms with Crippen LogP contribution < -0.4 is 15.4 Å². The van der Waals surface area contributed by atoms with Crippen molar-refractivity contribution in [2.75, 3.05) is 26.2 Å². The lowest BCUT2D eigenvalue weighted by Gasteiger charge is -2.22. The van der Waals surface area contributed by atoms with Gasteiger partial charge in [0.15, 0.2) is 0 Å². The molecule has 1 aromatic rings. The van der Waals surface area contributed by atoms with Gasteiger partial charge in [-0.25, -0.2) is 0 Å². The summed E-state index contributed by atoms with van der Waals surface area (Å²) >= 11 is 0. The van der Waals surface area contributed by atoms with Crippen LogP contribution in [0, 0.1) is 12.8 Å². The number of aryl methyl sites for hydroxylation is 1. The van der Waals surface area contributed by atoms with E-state index in [2.05, 4.69) is 10.6 Å². The monoisotopic (exact) mass is 290 g/mol. The van der Waals surface area contributed by atoms with E-state index in [1.165, 1.54) is 12.8 Å². The molecule has 116 valence electrons. The highest BCUT2D eigenvalue weighted by atomic mass is 16.5. The zero-order valence-corrected chi connectivity index (χ0v) is 12.9. The average Bonchev–Trinajstić information content (AvgIpc) is 2.52. The number of carbonyl (C=O) groups excluding carboxylic acids is 1. The van der Waals surface area contributed by atoms with Crippen molar-refractivity contribution < 1.29 is 9.53 Å². The average molecular weight is 290 g/mol. The Hall–Kier alpha value is -1.55. The van der Waals surface area contributed by atoms with E-state index in [4.69, 9.17) is 4.74 Å². The fraction of sp³-hybridized carbons (Fsp3) is 0.588. The first-order chi connectivity index (χ1) is 10.3. The summed E-state index contributed by atoms with van der Waals surface area (Å²) < 4.78 is 5.69. The van der Waals surface area contributed by atoms with E-state index < -0.39 is 0 Å². The zero-order valence-electron chi connectivity index (χ0n) is 12.9. The van der Waals surface area contributed by atoms with E-state index in [-0.39, 0.29) is 5.91 Å². The third kappa shape index (κ3) is 5.76. The number of rotatable bonds is 7. The molecule has 1 fully saturated rings. The Kier molecular flexibility index (Phi) is 6.54. The molecule has 1 aliphatic rings. The zero-order chi connectivity index (χ0) is 14.9. The summed E-state index contributed by atoms with van der Waals surface area (Å²) in [4.78, 5) is 11.8. The van der Waals surface area contributed by atoms with Crippen LogP contribution in [-0.2, 0) is 4.79 Å². The van der Waals surface area contributed by atoms with Crippen molar-refractivity contribution >= 4 is 5.91 Å². The van der Waals surface area contributed by atoms with E-state index in [1.807, 2.05) is 31.2 Å². The second-order valence-corrected chi connectivity index (χ2v) is 5.73. The fourth-order valence-electron chi connectivity index (χ4n) is 2.58. The minimum Gasteiger partial charge on any atom is -0.493 e. The van der Waals surface area contributed by atoms with Crippen molar-refractivity contribution in [2.45, 2.75) is 32.6 Å². The Balaban J connectivity index is 1.56. The van der Waals surface area contributed by atoms with Crippen molar-refractivity contribution in [3.05, 3.63) is 29.8 Å². The van der Waals surface area contributed by atoms with Crippen LogP contribution in [0.1, 0.15) is 31.2 Å². The second kappa shape index (κ2) is 8.67. The summed E-state index contributed by atoms with van der Waals surface area (Å²) in [5.74, 6) is 1.63. The summed E-state index contributed by atoms with van der Waals surface area (Å²) in [5, 5.41) is 6.39. The first kappa shape index (κ1) is 15.8. The molecule has 0 radical (unpaired) electrons. The van der Waals surface area contributed by atoms with Gasteiger partial charge in [0.2, 0.25) is 5.91 Å². The van der Waals surface area contributed by atoms with E-state index in [9.17, 15) is 4.79 Å². The first-order valence-corrected chi connectivity index (χ1v) is 7.91. The number of para-hydroxylation sites is 1. The molecule has 0 spiro atoms. The normalized spacial score (nSPS) is 18.2. The fourth-order valence-corrected chi connectivity index (χ4v) is 2.58. The minimum atomic E-state index is 0.133. The molecular weight excluding hydrogens is 264 g/mol. The van der Waals surface area contributed by atoms with Crippen LogP contribution in [0.15, 0.2) is 24.3 Å². The lowest BCUT2D eigenvalue weighted by atomic mass is 10.00. The summed E-state index contributed by atoms with van der Waals surface area (Å²) in [5.41, 5.74) is 1.13. The van der Waals surface area contributed by atoms with Crippen LogP contribution in [0.4, 0.5) is 0 Å². The van der Waals surface area contributed by atoms with Crippen LogP contribution in [0.3, 0.4) is 0 Å². The number of hydrogen-bond donors (Lipinski definition) is 2. The second-order valence-electron chi connectivity index (χ2n) is 5.73. The van der Waals surface area contributed by atoms with Crippen LogP contribution in [0.5, 0.6) is 5.75 Å². The first-order valence-electron chi connectivity index (χ1n) is 7.91. The molecule has 0 aliphatic carbocycles. The maximum atomic E-state index is 11.8. The summed E-state index contributed by atoms with van der Waals surface area (Å²) in [6.45, 7) is 5.55. The lowest BCUT2D eigenvalue weighted by molar-refractivity contribution is -0.121. The molecule has 21 heavy (non-hydrogen) atoms. The van der Waals surface area contributed by atoms with Gasteiger partial charge in [-0.3, -0.25) is 4.79 Å². The maximum Gasteiger partial charge on any atom is 0.220 e. The molecule has 1 amide bonds. The highest BCUT2D eigenvalue weighted by Crippen LogP contribution is 2.16. The predicted molar refractivity (Wildman–Crippen MR) is 84.5 cm³/mol. The summed E-state index contributed by atoms with van der Waals surface area (Å²) in [7, 11) is 0. The molecule has 1 unspecified atom stereocenters. The van der Waals surface area contributed by atoms with E-state index in [0.29, 0.717) is 18.9 Å². The standard InChI is InChI=1S/C17H26N2O2/c1-14-6-2-3-8-16(14)21-11-5-9-17(20)19-13-15-7-4-10-18-12-15/h2-3,6,8,15,18H,4-5,7,9-13H2,1H3,(H,19,20). The lowest BCUT2D eigenvalue weighted by Crippen LogP contribution is -2.38. The largest absolute Gasteiger partial charge is 0.493 e. The highest BCUT2D eigenvalue weighted by molar-refractivity contribution is 5.75. The topological polar surface area (TPSA) is 50.4 Å². The number of hydrogen-bond acceptors (Lipinski definition) is 3. The van der Waals surface area contributed by atoms with Gasteiger partial charge in [-0.05, 0) is 56.8 Å². The minimum absolute atomic E-state index is 0.133. The van der Waals surface area contributed by atoms with Crippen molar-refractivity contribution in [1.82, 2.24) is 10.6 Å². The number of piperidine rings is 1. The van der Waals surface area contributed by atoms with Crippen molar-refractivity contribution in [1.29, 1.82) is 0 Å². The van der Waals surface area contributed by atoms with Crippen molar-refractivity contribution in [2.24, 2.45) is 5.92 Å². The molecule has 1 heterocycles. The van der Waals surface area contributed by atoms with Gasteiger partial charge in [0.25, 0.3) is 0 Å². The Morgan fingerprint density at radius 2 is 2.29 bits per heavy atom. The molecule has 1 aliphatic heterocycles. The smallest absolute Gasteiger partial charge is 0.220 e. The van der Waals surface area contributed by atoms with Gasteiger partial charge in [-0.2, -0.15) is 0 Å². The molecule has 1 aromatic carbocycles. The third-order valence-electron chi connectivity index (χ3n) is 3.89. The highest BCUT2D eigenvalue weighted by Gasteiger charge is 2.13. The molecular formula is C17H26N2O2. The molecule has 2 rings (SSSR count). The number of nitrogens with one attached hydrogen (secondary N) is 2. The number of amides is 1. The summed E-state index contributed by atoms with van der Waals surface area (Å²) in [6.07, 6.45) is 3.71. The quantitative estimate of drug-likeness (QED) is 0.757. The van der Waals surface area contributed by atoms with Gasteiger partial charge in [-0.15, -0.1) is 0 Å². The molecule has 1 atom stereocenters. The van der Waals surface area contributed by atoms with Gasteiger partial charge in [-0.1, -0.05) is 18.2 Å². The van der Waals surface area contributed by atoms with Gasteiger partial charge < -0.3 is 15.4 Å². The summed E-state index contributed by atoms with van der Waals surface area (Å²) in [6, 6.07) is 7.95. The maximum absolute atomic E-state index is 11.8. The van der Waals surface area contributed by atoms with Crippen LogP contribution in [-0.4, -0.2) is 32.1 Å².